The largest absolute Gasteiger partial charge is 0.476 e. The topological polar surface area (TPSA) is 91.8 Å². The summed E-state index contributed by atoms with van der Waals surface area (Å²) in [6, 6.07) is 5.25. The van der Waals surface area contributed by atoms with E-state index in [2.05, 4.69) is 20.4 Å². The van der Waals surface area contributed by atoms with E-state index in [4.69, 9.17) is 28.3 Å². The van der Waals surface area contributed by atoms with Crippen molar-refractivity contribution >= 4 is 52.3 Å². The van der Waals surface area contributed by atoms with Crippen LogP contribution >= 0.6 is 46.3 Å². The van der Waals surface area contributed by atoms with Crippen molar-refractivity contribution in [1.82, 2.24) is 20.4 Å². The van der Waals surface area contributed by atoms with E-state index in [1.807, 2.05) is 11.4 Å². The minimum atomic E-state index is -1.14. The molecule has 0 fully saturated rings. The summed E-state index contributed by atoms with van der Waals surface area (Å²) in [4.78, 5) is 15.4. The van der Waals surface area contributed by atoms with Crippen molar-refractivity contribution in [2.45, 2.75) is 10.1 Å². The molecule has 22 heavy (non-hydrogen) atoms. The molecule has 0 bridgehead atoms. The number of aromatic nitrogens is 4. The van der Waals surface area contributed by atoms with Crippen LogP contribution in [0.25, 0.3) is 10.6 Å². The summed E-state index contributed by atoms with van der Waals surface area (Å²) >= 11 is 14.4. The number of aromatic carboxylic acids is 1. The van der Waals surface area contributed by atoms with Crippen molar-refractivity contribution in [3.05, 3.63) is 39.3 Å². The van der Waals surface area contributed by atoms with Crippen LogP contribution in [0.4, 0.5) is 0 Å². The molecule has 0 aliphatic carbocycles. The maximum absolute atomic E-state index is 11.0. The highest BCUT2D eigenvalue weighted by atomic mass is 35.5. The normalized spacial score (nSPS) is 10.8. The van der Waals surface area contributed by atoms with Gasteiger partial charge >= 0.3 is 5.97 Å². The Bertz CT molecular complexity index is 849. The van der Waals surface area contributed by atoms with Gasteiger partial charge in [-0.3, -0.25) is 0 Å². The third kappa shape index (κ3) is 3.09. The fraction of sp³-hybridized carbons (Fsp3) is 0. The summed E-state index contributed by atoms with van der Waals surface area (Å²) in [7, 11) is 0. The molecule has 2 heterocycles. The fourth-order valence-electron chi connectivity index (χ4n) is 1.60. The van der Waals surface area contributed by atoms with Gasteiger partial charge in [-0.2, -0.15) is 5.21 Å². The minimum Gasteiger partial charge on any atom is -0.476 e. The molecule has 1 aromatic carbocycles. The van der Waals surface area contributed by atoms with Gasteiger partial charge in [-0.1, -0.05) is 29.3 Å². The van der Waals surface area contributed by atoms with Gasteiger partial charge in [0, 0.05) is 10.9 Å². The third-order valence-electron chi connectivity index (χ3n) is 2.57. The quantitative estimate of drug-likeness (QED) is 0.716. The van der Waals surface area contributed by atoms with E-state index in [-0.39, 0.29) is 10.7 Å². The Hall–Kier alpha value is -1.61. The monoisotopic (exact) mass is 372 g/mol. The van der Waals surface area contributed by atoms with E-state index in [1.54, 1.807) is 12.1 Å². The van der Waals surface area contributed by atoms with Gasteiger partial charge in [0.05, 0.1) is 10.0 Å². The van der Waals surface area contributed by atoms with E-state index in [1.165, 1.54) is 11.3 Å². The number of rotatable bonds is 4. The highest BCUT2D eigenvalue weighted by Crippen LogP contribution is 2.34. The Morgan fingerprint density at radius 2 is 2.09 bits per heavy atom. The molecule has 0 saturated carbocycles. The molecule has 0 atom stereocenters. The molecule has 3 aromatic rings. The average Bonchev–Trinajstić information content (AvgIpc) is 3.11. The lowest BCUT2D eigenvalue weighted by Gasteiger charge is -1.99. The molecule has 112 valence electrons. The molecule has 0 aliphatic heterocycles. The zero-order valence-electron chi connectivity index (χ0n) is 10.6. The summed E-state index contributed by atoms with van der Waals surface area (Å²) in [5.41, 5.74) is 0.707. The Kier molecular flexibility index (Phi) is 4.34. The van der Waals surface area contributed by atoms with Crippen molar-refractivity contribution in [2.75, 3.05) is 0 Å². The molecule has 0 unspecified atom stereocenters. The summed E-state index contributed by atoms with van der Waals surface area (Å²) < 4.78 is 0. The fourth-order valence-corrected chi connectivity index (χ4v) is 3.62. The lowest BCUT2D eigenvalue weighted by molar-refractivity contribution is 0.0686. The van der Waals surface area contributed by atoms with Crippen LogP contribution in [0, 0.1) is 0 Å². The van der Waals surface area contributed by atoms with E-state index in [9.17, 15) is 4.79 Å². The maximum atomic E-state index is 11.0. The molecule has 10 heteroatoms. The second-order valence-electron chi connectivity index (χ2n) is 4.00. The first-order chi connectivity index (χ1) is 10.5. The second-order valence-corrected chi connectivity index (χ2v) is 6.69. The molecule has 2 N–H and O–H groups in total. The number of H-pyrrole nitrogens is 1. The maximum Gasteiger partial charge on any atom is 0.359 e. The van der Waals surface area contributed by atoms with Crippen LogP contribution < -0.4 is 0 Å². The Balaban J connectivity index is 1.86. The van der Waals surface area contributed by atoms with Crippen molar-refractivity contribution in [3.63, 3.8) is 0 Å². The van der Waals surface area contributed by atoms with Crippen molar-refractivity contribution in [3.8, 4) is 10.6 Å². The smallest absolute Gasteiger partial charge is 0.359 e. The van der Waals surface area contributed by atoms with E-state index in [0.29, 0.717) is 15.1 Å². The number of thiazole rings is 1. The van der Waals surface area contributed by atoms with Crippen molar-refractivity contribution < 1.29 is 9.90 Å². The predicted molar refractivity (Wildman–Crippen MR) is 85.0 cm³/mol. The first-order valence-corrected chi connectivity index (χ1v) is 8.22. The third-order valence-corrected chi connectivity index (χ3v) is 5.25. The molecule has 0 radical (unpaired) electrons. The minimum absolute atomic E-state index is 0.130. The Morgan fingerprint density at radius 3 is 2.82 bits per heavy atom. The zero-order valence-corrected chi connectivity index (χ0v) is 13.7. The number of hydrogen-bond acceptors (Lipinski definition) is 6. The first-order valence-electron chi connectivity index (χ1n) is 5.77. The summed E-state index contributed by atoms with van der Waals surface area (Å²) in [5, 5.41) is 23.1. The highest BCUT2D eigenvalue weighted by Gasteiger charge is 2.18. The lowest BCUT2D eigenvalue weighted by atomic mass is 10.2. The van der Waals surface area contributed by atoms with Gasteiger partial charge in [0.25, 0.3) is 0 Å². The van der Waals surface area contributed by atoms with Crippen LogP contribution in [0.5, 0.6) is 0 Å². The molecule has 0 saturated heterocycles. The van der Waals surface area contributed by atoms with Crippen LogP contribution in [0.1, 0.15) is 10.5 Å². The van der Waals surface area contributed by atoms with Crippen LogP contribution in [0.3, 0.4) is 0 Å². The second kappa shape index (κ2) is 6.25. The summed E-state index contributed by atoms with van der Waals surface area (Å²) in [6.07, 6.45) is 0. The summed E-state index contributed by atoms with van der Waals surface area (Å²) in [6.45, 7) is 0. The summed E-state index contributed by atoms with van der Waals surface area (Å²) in [5.74, 6) is -1.14. The molecule has 6 nitrogen and oxygen atoms in total. The number of carboxylic acid groups (broad SMARTS) is 1. The van der Waals surface area contributed by atoms with Gasteiger partial charge in [-0.25, -0.2) is 9.78 Å². The molecular formula is C12H6Cl2N4O2S2. The molecule has 0 aliphatic rings. The molecular weight excluding hydrogens is 367 g/mol. The van der Waals surface area contributed by atoms with Gasteiger partial charge in [-0.05, 0) is 23.9 Å². The lowest BCUT2D eigenvalue weighted by Crippen LogP contribution is -1.98. The number of carboxylic acids is 1. The van der Waals surface area contributed by atoms with Gasteiger partial charge < -0.3 is 5.11 Å². The van der Waals surface area contributed by atoms with Crippen LogP contribution in [-0.2, 0) is 0 Å². The molecule has 0 spiro atoms. The zero-order chi connectivity index (χ0) is 15.7. The van der Waals surface area contributed by atoms with Gasteiger partial charge in [0.15, 0.2) is 5.03 Å². The van der Waals surface area contributed by atoms with E-state index in [0.717, 1.165) is 22.3 Å². The SMILES string of the molecule is O=C(O)c1n[nH]nc1Sc1csc(-c2ccc(Cl)c(Cl)c2)n1. The Labute approximate surface area is 142 Å². The van der Waals surface area contributed by atoms with Gasteiger partial charge in [0.2, 0.25) is 5.69 Å². The van der Waals surface area contributed by atoms with E-state index >= 15 is 0 Å². The van der Waals surface area contributed by atoms with E-state index < -0.39 is 5.97 Å². The first kappa shape index (κ1) is 15.3. The highest BCUT2D eigenvalue weighted by molar-refractivity contribution is 7.99. The molecule has 0 amide bonds. The number of nitrogens with zero attached hydrogens (tertiary/aromatic N) is 3. The average molecular weight is 373 g/mol. The van der Waals surface area contributed by atoms with Crippen molar-refractivity contribution in [1.29, 1.82) is 0 Å². The number of benzene rings is 1. The van der Waals surface area contributed by atoms with Crippen molar-refractivity contribution in [2.24, 2.45) is 0 Å². The van der Waals surface area contributed by atoms with Gasteiger partial charge in [-0.15, -0.1) is 21.5 Å². The van der Waals surface area contributed by atoms with Crippen LogP contribution in [-0.4, -0.2) is 31.5 Å². The number of halogens is 2. The standard InChI is InChI=1S/C12H6Cl2N4O2S2/c13-6-2-1-5(3-7(6)14)10-15-8(4-21-10)22-11-9(12(19)20)16-18-17-11/h1-4H,(H,19,20)(H,16,17,18). The predicted octanol–water partition coefficient (Wildman–Crippen LogP) is 4.08. The van der Waals surface area contributed by atoms with Crippen LogP contribution in [0.2, 0.25) is 10.0 Å². The Morgan fingerprint density at radius 1 is 1.27 bits per heavy atom. The number of aromatic amines is 1. The van der Waals surface area contributed by atoms with Gasteiger partial charge in [0.1, 0.15) is 10.0 Å². The number of nitrogens with one attached hydrogen (secondary N) is 1. The molecule has 3 rings (SSSR count). The molecule has 2 aromatic heterocycles. The van der Waals surface area contributed by atoms with Crippen LogP contribution in [0.15, 0.2) is 33.6 Å². The number of carbonyl (C=O) groups is 1. The number of hydrogen-bond donors (Lipinski definition) is 2.